The van der Waals surface area contributed by atoms with Crippen molar-refractivity contribution >= 4 is 10.0 Å². The van der Waals surface area contributed by atoms with Gasteiger partial charge in [0.1, 0.15) is 12.2 Å². The molecule has 1 aromatic heterocycles. The van der Waals surface area contributed by atoms with Crippen molar-refractivity contribution in [1.29, 1.82) is 0 Å². The largest absolute Gasteiger partial charge is 0.320 e. The van der Waals surface area contributed by atoms with Gasteiger partial charge in [0.05, 0.1) is 11.4 Å². The Morgan fingerprint density at radius 1 is 1.29 bits per heavy atom. The molecule has 21 heavy (non-hydrogen) atoms. The number of hydrogen-bond donors (Lipinski definition) is 1. The zero-order valence-electron chi connectivity index (χ0n) is 12.4. The van der Waals surface area contributed by atoms with Crippen LogP contribution in [0.15, 0.2) is 35.5 Å². The van der Waals surface area contributed by atoms with Crippen LogP contribution >= 0.6 is 0 Å². The topological polar surface area (TPSA) is 76.9 Å². The summed E-state index contributed by atoms with van der Waals surface area (Å²) >= 11 is 0. The molecule has 114 valence electrons. The monoisotopic (exact) mass is 308 g/mol. The molecule has 1 aromatic carbocycles. The maximum atomic E-state index is 12.2. The lowest BCUT2D eigenvalue weighted by Crippen LogP contribution is -2.24. The zero-order chi connectivity index (χ0) is 15.5. The molecule has 0 saturated heterocycles. The van der Waals surface area contributed by atoms with Crippen LogP contribution in [-0.4, -0.2) is 23.2 Å². The Hall–Kier alpha value is -1.73. The fourth-order valence-electron chi connectivity index (χ4n) is 1.92. The van der Waals surface area contributed by atoms with Crippen LogP contribution in [0.4, 0.5) is 0 Å². The van der Waals surface area contributed by atoms with E-state index in [0.717, 1.165) is 12.0 Å². The van der Waals surface area contributed by atoms with E-state index in [0.29, 0.717) is 11.7 Å². The van der Waals surface area contributed by atoms with Crippen molar-refractivity contribution in [2.24, 2.45) is 7.05 Å². The number of benzene rings is 1. The molecule has 6 nitrogen and oxygen atoms in total. The Morgan fingerprint density at radius 3 is 2.48 bits per heavy atom. The van der Waals surface area contributed by atoms with E-state index < -0.39 is 10.0 Å². The van der Waals surface area contributed by atoms with E-state index in [1.807, 2.05) is 12.1 Å². The molecule has 0 aliphatic heterocycles. The molecule has 2 aromatic rings. The van der Waals surface area contributed by atoms with Gasteiger partial charge in [0.25, 0.3) is 0 Å². The molecule has 7 heteroatoms. The number of nitrogens with one attached hydrogen (secondary N) is 1. The highest BCUT2D eigenvalue weighted by atomic mass is 32.2. The molecule has 0 aliphatic carbocycles. The first kappa shape index (κ1) is 15.7. The first-order chi connectivity index (χ1) is 9.94. The SMILES string of the molecule is CC[C@H](C)c1ccc(S(=O)(=O)NCc2nncn2C)cc1. The molecular formula is C14H20N4O2S. The van der Waals surface area contributed by atoms with Crippen molar-refractivity contribution < 1.29 is 8.42 Å². The van der Waals surface area contributed by atoms with Gasteiger partial charge in [-0.3, -0.25) is 0 Å². The lowest BCUT2D eigenvalue weighted by Gasteiger charge is -2.10. The minimum absolute atomic E-state index is 0.117. The Bertz CT molecular complexity index is 692. The number of rotatable bonds is 6. The summed E-state index contributed by atoms with van der Waals surface area (Å²) < 4.78 is 28.6. The van der Waals surface area contributed by atoms with Gasteiger partial charge in [-0.05, 0) is 30.0 Å². The van der Waals surface area contributed by atoms with E-state index in [-0.39, 0.29) is 11.4 Å². The Morgan fingerprint density at radius 2 is 1.95 bits per heavy atom. The third-order valence-corrected chi connectivity index (χ3v) is 5.01. The number of sulfonamides is 1. The second-order valence-electron chi connectivity index (χ2n) is 5.06. The molecule has 2 rings (SSSR count). The average Bonchev–Trinajstić information content (AvgIpc) is 2.90. The van der Waals surface area contributed by atoms with Crippen LogP contribution in [0.3, 0.4) is 0 Å². The van der Waals surface area contributed by atoms with Crippen molar-refractivity contribution in [2.75, 3.05) is 0 Å². The molecule has 1 heterocycles. The average molecular weight is 308 g/mol. The number of nitrogens with zero attached hydrogens (tertiary/aromatic N) is 3. The second kappa shape index (κ2) is 6.36. The van der Waals surface area contributed by atoms with Crippen LogP contribution in [0.25, 0.3) is 0 Å². The highest BCUT2D eigenvalue weighted by Gasteiger charge is 2.15. The van der Waals surface area contributed by atoms with E-state index in [4.69, 9.17) is 0 Å². The Kier molecular flexibility index (Phi) is 4.74. The van der Waals surface area contributed by atoms with Crippen LogP contribution in [0.5, 0.6) is 0 Å². The predicted octanol–water partition coefficient (Wildman–Crippen LogP) is 1.81. The van der Waals surface area contributed by atoms with Crippen molar-refractivity contribution in [3.8, 4) is 0 Å². The van der Waals surface area contributed by atoms with Gasteiger partial charge in [0.15, 0.2) is 0 Å². The first-order valence-electron chi connectivity index (χ1n) is 6.86. The minimum atomic E-state index is -3.53. The minimum Gasteiger partial charge on any atom is -0.320 e. The third-order valence-electron chi connectivity index (χ3n) is 3.60. The van der Waals surface area contributed by atoms with Crippen LogP contribution in [-0.2, 0) is 23.6 Å². The van der Waals surface area contributed by atoms with Gasteiger partial charge in [0.2, 0.25) is 10.0 Å². The van der Waals surface area contributed by atoms with Gasteiger partial charge in [-0.1, -0.05) is 26.0 Å². The molecule has 0 spiro atoms. The molecule has 1 atom stereocenters. The second-order valence-corrected chi connectivity index (χ2v) is 6.83. The molecule has 0 radical (unpaired) electrons. The zero-order valence-corrected chi connectivity index (χ0v) is 13.3. The summed E-state index contributed by atoms with van der Waals surface area (Å²) in [4.78, 5) is 0.261. The molecule has 0 unspecified atom stereocenters. The lowest BCUT2D eigenvalue weighted by molar-refractivity contribution is 0.577. The van der Waals surface area contributed by atoms with E-state index in [1.165, 1.54) is 6.33 Å². The molecule has 0 saturated carbocycles. The van der Waals surface area contributed by atoms with E-state index >= 15 is 0 Å². The quantitative estimate of drug-likeness (QED) is 0.883. The van der Waals surface area contributed by atoms with Gasteiger partial charge in [-0.2, -0.15) is 0 Å². The van der Waals surface area contributed by atoms with Gasteiger partial charge < -0.3 is 4.57 Å². The van der Waals surface area contributed by atoms with Crippen molar-refractivity contribution in [3.05, 3.63) is 42.0 Å². The van der Waals surface area contributed by atoms with Gasteiger partial charge in [-0.15, -0.1) is 10.2 Å². The summed E-state index contributed by atoms with van der Waals surface area (Å²) in [6.07, 6.45) is 2.56. The van der Waals surface area contributed by atoms with E-state index in [1.54, 1.807) is 23.7 Å². The highest BCUT2D eigenvalue weighted by molar-refractivity contribution is 7.89. The first-order valence-corrected chi connectivity index (χ1v) is 8.35. The normalized spacial score (nSPS) is 13.3. The fraction of sp³-hybridized carbons (Fsp3) is 0.429. The number of aromatic nitrogens is 3. The van der Waals surface area contributed by atoms with Gasteiger partial charge in [0, 0.05) is 7.05 Å². The van der Waals surface area contributed by atoms with Crippen molar-refractivity contribution in [2.45, 2.75) is 37.6 Å². The predicted molar refractivity (Wildman–Crippen MR) is 80.2 cm³/mol. The Balaban J connectivity index is 2.10. The third kappa shape index (κ3) is 3.68. The van der Waals surface area contributed by atoms with Crippen molar-refractivity contribution in [3.63, 3.8) is 0 Å². The smallest absolute Gasteiger partial charge is 0.240 e. The summed E-state index contributed by atoms with van der Waals surface area (Å²) in [5.74, 6) is 0.989. The lowest BCUT2D eigenvalue weighted by atomic mass is 9.99. The van der Waals surface area contributed by atoms with Crippen LogP contribution < -0.4 is 4.72 Å². The highest BCUT2D eigenvalue weighted by Crippen LogP contribution is 2.20. The molecule has 0 amide bonds. The van der Waals surface area contributed by atoms with Gasteiger partial charge >= 0.3 is 0 Å². The van der Waals surface area contributed by atoms with E-state index in [9.17, 15) is 8.42 Å². The molecular weight excluding hydrogens is 288 g/mol. The Labute approximate surface area is 125 Å². The summed E-state index contributed by atoms with van der Waals surface area (Å²) in [5.41, 5.74) is 1.14. The summed E-state index contributed by atoms with van der Waals surface area (Å²) in [6.45, 7) is 4.35. The van der Waals surface area contributed by atoms with Gasteiger partial charge in [-0.25, -0.2) is 13.1 Å². The van der Waals surface area contributed by atoms with Crippen LogP contribution in [0, 0.1) is 0 Å². The number of hydrogen-bond acceptors (Lipinski definition) is 4. The molecule has 0 bridgehead atoms. The summed E-state index contributed by atoms with van der Waals surface area (Å²) in [5, 5.41) is 7.56. The summed E-state index contributed by atoms with van der Waals surface area (Å²) in [7, 11) is -1.77. The van der Waals surface area contributed by atoms with Crippen LogP contribution in [0.2, 0.25) is 0 Å². The molecule has 0 fully saturated rings. The maximum Gasteiger partial charge on any atom is 0.240 e. The maximum absolute atomic E-state index is 12.2. The fourth-order valence-corrected chi connectivity index (χ4v) is 2.90. The summed E-state index contributed by atoms with van der Waals surface area (Å²) in [6, 6.07) is 7.01. The molecule has 0 aliphatic rings. The van der Waals surface area contributed by atoms with Crippen LogP contribution in [0.1, 0.15) is 37.6 Å². The number of aryl methyl sites for hydroxylation is 1. The van der Waals surface area contributed by atoms with Crippen molar-refractivity contribution in [1.82, 2.24) is 19.5 Å². The standard InChI is InChI=1S/C14H20N4O2S/c1-4-11(2)12-5-7-13(8-6-12)21(19,20)16-9-14-17-15-10-18(14)3/h5-8,10-11,16H,4,9H2,1-3H3/t11-/m0/s1. The molecule has 1 N–H and O–H groups in total. The van der Waals surface area contributed by atoms with E-state index in [2.05, 4.69) is 28.8 Å².